The normalized spacial score (nSPS) is 20.6. The number of rotatable bonds is 47. The second kappa shape index (κ2) is 49.2. The molecule has 3 amide bonds. The first-order valence-electron chi connectivity index (χ1n) is 40.9. The summed E-state index contributed by atoms with van der Waals surface area (Å²) in [7, 11) is 0. The van der Waals surface area contributed by atoms with E-state index in [9.17, 15) is 52.7 Å². The van der Waals surface area contributed by atoms with Crippen LogP contribution in [0.3, 0.4) is 0 Å². The maximum absolute atomic E-state index is 15.0. The van der Waals surface area contributed by atoms with Crippen molar-refractivity contribution >= 4 is 140 Å². The molecule has 127 heavy (non-hydrogen) atoms. The van der Waals surface area contributed by atoms with Crippen molar-refractivity contribution in [1.29, 1.82) is 0 Å². The number of halogens is 2. The standard InChI is InChI=1S/C89H102Cl2N4O32/c1-52(97)116-50-75-81(118-54(3)99)83(120-56(5)101)85(122-58(7)103)88(126-75)124-73-43-70-79(67-17-11-9-15-65(67)73)62(45-90)47-94(70)77(105)24-21-60-20-22-61(72(42-60)115-41-40-114-39-38-113-37-36-112-35-34-111-33-32-110-31-30-109-29-28-108-27-26-92-87(107)69-19-13-14-64(49-96)93-69)23-25-78(106)95-48-63(46-91)80-68-18-12-10-16-66(68)74(44-71(80)95)125-89-86(123-59(8)104)84(121-57(6)102)82(119-55(4)100)76(127-89)51-117-53(2)98/h9-25,42-44,49,62-63,75-76,81-86,88-89H,26-41,45-48,50-51H2,1-8H3,(H,92,107)/b24-21+,25-23+/t62-,63-,75-,76-,81+,82+,83+,84+,85-,86-,88-,89-/m1/s1. The summed E-state index contributed by atoms with van der Waals surface area (Å²) in [5.74, 6) is -8.04. The molecule has 10 rings (SSSR count). The van der Waals surface area contributed by atoms with E-state index in [1.54, 1.807) is 84.9 Å². The summed E-state index contributed by atoms with van der Waals surface area (Å²) >= 11 is 13.5. The molecule has 36 nitrogen and oxygen atoms in total. The third-order valence-electron chi connectivity index (χ3n) is 19.8. The van der Waals surface area contributed by atoms with Crippen LogP contribution < -0.4 is 29.3 Å². The summed E-state index contributed by atoms with van der Waals surface area (Å²) in [5.41, 5.74) is 3.41. The Balaban J connectivity index is 0.819. The molecule has 5 heterocycles. The van der Waals surface area contributed by atoms with Crippen molar-refractivity contribution in [2.45, 2.75) is 129 Å². The van der Waals surface area contributed by atoms with Crippen molar-refractivity contribution < 1.29 is 152 Å². The first-order chi connectivity index (χ1) is 61.2. The van der Waals surface area contributed by atoms with Crippen LogP contribution in [0.4, 0.5) is 11.4 Å². The van der Waals surface area contributed by atoms with Gasteiger partial charge in [0.15, 0.2) is 30.7 Å². The van der Waals surface area contributed by atoms with E-state index >= 15 is 4.79 Å². The van der Waals surface area contributed by atoms with E-state index in [2.05, 4.69) is 10.3 Å². The maximum atomic E-state index is 15.0. The number of fused-ring (bicyclic) bond motifs is 6. The van der Waals surface area contributed by atoms with Crippen molar-refractivity contribution in [3.05, 3.63) is 143 Å². The molecule has 0 radical (unpaired) electrons. The Labute approximate surface area is 741 Å². The van der Waals surface area contributed by atoms with Crippen LogP contribution in [-0.4, -0.2) is 282 Å². The second-order valence-electron chi connectivity index (χ2n) is 29.1. The van der Waals surface area contributed by atoms with Crippen LogP contribution in [0.2, 0.25) is 0 Å². The molecule has 5 aromatic carbocycles. The van der Waals surface area contributed by atoms with Crippen molar-refractivity contribution in [3.63, 3.8) is 0 Å². The van der Waals surface area contributed by atoms with Crippen LogP contribution in [0.15, 0.2) is 109 Å². The Kier molecular flexibility index (Phi) is 37.9. The lowest BCUT2D eigenvalue weighted by molar-refractivity contribution is -0.288. The van der Waals surface area contributed by atoms with E-state index in [4.69, 9.17) is 118 Å². The Morgan fingerprint density at radius 2 is 0.811 bits per heavy atom. The summed E-state index contributed by atoms with van der Waals surface area (Å²) in [5, 5.41) is 4.97. The first kappa shape index (κ1) is 97.9. The van der Waals surface area contributed by atoms with Gasteiger partial charge in [0.2, 0.25) is 24.8 Å². The Morgan fingerprint density at radius 3 is 1.21 bits per heavy atom. The summed E-state index contributed by atoms with van der Waals surface area (Å²) in [6, 6.07) is 27.2. The van der Waals surface area contributed by atoms with Crippen molar-refractivity contribution in [2.75, 3.05) is 154 Å². The highest BCUT2D eigenvalue weighted by molar-refractivity contribution is 6.20. The lowest BCUT2D eigenvalue weighted by atomic mass is 9.95. The second-order valence-corrected chi connectivity index (χ2v) is 29.7. The molecule has 0 aliphatic carbocycles. The van der Waals surface area contributed by atoms with Gasteiger partial charge in [0, 0.05) is 139 Å². The number of hydrogen-bond acceptors (Lipinski definition) is 33. The number of pyridine rings is 1. The summed E-state index contributed by atoms with van der Waals surface area (Å²) in [6.45, 7) is 12.4. The molecular weight excluding hydrogens is 1710 g/mol. The molecule has 2 saturated heterocycles. The molecule has 1 N–H and O–H groups in total. The zero-order valence-corrected chi connectivity index (χ0v) is 72.8. The van der Waals surface area contributed by atoms with Gasteiger partial charge >= 0.3 is 47.8 Å². The average molecular weight is 1810 g/mol. The minimum absolute atomic E-state index is 0.00259. The molecule has 4 aliphatic rings. The molecule has 1 aromatic heterocycles. The number of anilines is 2. The number of benzene rings is 5. The van der Waals surface area contributed by atoms with Crippen molar-refractivity contribution in [3.8, 4) is 17.2 Å². The van der Waals surface area contributed by atoms with Crippen molar-refractivity contribution in [2.24, 2.45) is 0 Å². The van der Waals surface area contributed by atoms with Crippen LogP contribution in [0.1, 0.15) is 110 Å². The molecule has 38 heteroatoms. The number of aromatic nitrogens is 1. The van der Waals surface area contributed by atoms with Gasteiger partial charge < -0.3 is 110 Å². The van der Waals surface area contributed by atoms with E-state index in [0.717, 1.165) is 55.4 Å². The number of carbonyl (C=O) groups is 12. The van der Waals surface area contributed by atoms with E-state index in [-0.39, 0.29) is 99.7 Å². The lowest BCUT2D eigenvalue weighted by Gasteiger charge is -2.44. The van der Waals surface area contributed by atoms with E-state index in [0.29, 0.717) is 121 Å². The van der Waals surface area contributed by atoms with Gasteiger partial charge in [-0.05, 0) is 57.8 Å². The van der Waals surface area contributed by atoms with E-state index < -0.39 is 152 Å². The van der Waals surface area contributed by atoms with Crippen LogP contribution in [0.5, 0.6) is 17.2 Å². The quantitative estimate of drug-likeness (QED) is 0.00949. The van der Waals surface area contributed by atoms with Gasteiger partial charge in [0.05, 0.1) is 104 Å². The Morgan fingerprint density at radius 1 is 0.425 bits per heavy atom. The van der Waals surface area contributed by atoms with Gasteiger partial charge in [0.25, 0.3) is 17.7 Å². The van der Waals surface area contributed by atoms with Crippen LogP contribution in [0, 0.1) is 0 Å². The Hall–Kier alpha value is -11.3. The number of nitrogens with one attached hydrogen (secondary N) is 1. The van der Waals surface area contributed by atoms with Gasteiger partial charge in [-0.15, -0.1) is 23.2 Å². The molecule has 684 valence electrons. The van der Waals surface area contributed by atoms with Gasteiger partial charge in [-0.25, -0.2) is 4.98 Å². The molecule has 4 aliphatic heterocycles. The van der Waals surface area contributed by atoms with Gasteiger partial charge in [-0.1, -0.05) is 66.7 Å². The third-order valence-corrected chi connectivity index (χ3v) is 20.5. The number of nitrogens with zero attached hydrogens (tertiary/aromatic N) is 3. The van der Waals surface area contributed by atoms with Gasteiger partial charge in [-0.3, -0.25) is 57.5 Å². The maximum Gasteiger partial charge on any atom is 0.303 e. The summed E-state index contributed by atoms with van der Waals surface area (Å²) in [4.78, 5) is 161. The molecule has 2 fully saturated rings. The van der Waals surface area contributed by atoms with Gasteiger partial charge in [0.1, 0.15) is 60.7 Å². The SMILES string of the molecule is CC(=O)OC[C@H]1O[C@@H](Oc2cc3c(c4ccccc24)[C@H](CCl)CN3C(=O)/C=C/c2ccc(/C=C/C(=O)N3C[C@@H](CCl)c4c3cc(O[C@@H]3O[C@H](COC(C)=O)[C@H](OC(C)=O)[C@H](OC(C)=O)[C@H]3OC(C)=O)c3ccccc43)c(OCCOCCOCCOCCOCCOCCOCCOCCNC(=O)c3cccc(C=O)n3)c2)[C@H](OC(C)=O)[C@@H](OC(C)=O)[C@H]1OC(C)=O. The fraction of sp³-hybridized carbons (Fsp3) is 0.472. The Bertz CT molecular complexity index is 4910. The highest BCUT2D eigenvalue weighted by Crippen LogP contribution is 2.49. The number of aldehydes is 1. The van der Waals surface area contributed by atoms with Crippen LogP contribution in [0.25, 0.3) is 33.7 Å². The average Bonchev–Trinajstić information content (AvgIpc) is 1.64. The smallest absolute Gasteiger partial charge is 0.303 e. The first-order valence-corrected chi connectivity index (χ1v) is 42.0. The monoisotopic (exact) mass is 1810 g/mol. The molecule has 0 unspecified atom stereocenters. The number of ether oxygens (including phenoxy) is 20. The van der Waals surface area contributed by atoms with E-state index in [1.807, 2.05) is 12.1 Å². The summed E-state index contributed by atoms with van der Waals surface area (Å²) in [6.07, 6.45) is -8.71. The number of carbonyl (C=O) groups excluding carboxylic acids is 12. The molecule has 0 spiro atoms. The number of alkyl halides is 2. The van der Waals surface area contributed by atoms with Crippen LogP contribution in [-0.2, 0) is 128 Å². The topological polar surface area (TPSA) is 421 Å². The largest absolute Gasteiger partial charge is 0.491 e. The van der Waals surface area contributed by atoms with Crippen LogP contribution >= 0.6 is 23.2 Å². The number of hydrogen-bond donors (Lipinski definition) is 1. The highest BCUT2D eigenvalue weighted by atomic mass is 35.5. The van der Waals surface area contributed by atoms with Gasteiger partial charge in [-0.2, -0.15) is 0 Å². The molecule has 12 atom stereocenters. The molecule has 0 bridgehead atoms. The number of esters is 8. The molecule has 0 saturated carbocycles. The predicted octanol–water partition coefficient (Wildman–Crippen LogP) is 7.81. The minimum Gasteiger partial charge on any atom is -0.491 e. The fourth-order valence-electron chi connectivity index (χ4n) is 14.5. The van der Waals surface area contributed by atoms with Crippen molar-refractivity contribution in [1.82, 2.24) is 10.3 Å². The molecular formula is C89H102Cl2N4O32. The zero-order valence-electron chi connectivity index (χ0n) is 71.3. The fourth-order valence-corrected chi connectivity index (χ4v) is 15.0. The zero-order chi connectivity index (χ0) is 91.1. The highest BCUT2D eigenvalue weighted by Gasteiger charge is 2.56. The lowest BCUT2D eigenvalue weighted by Crippen LogP contribution is -2.63. The third kappa shape index (κ3) is 28.1. The number of amides is 3. The minimum atomic E-state index is -1.63. The van der Waals surface area contributed by atoms with E-state index in [1.165, 1.54) is 34.1 Å². The molecule has 6 aromatic rings. The predicted molar refractivity (Wildman–Crippen MR) is 452 cm³/mol. The summed E-state index contributed by atoms with van der Waals surface area (Å²) < 4.78 is 117.